The zero-order chi connectivity index (χ0) is 12.9. The quantitative estimate of drug-likeness (QED) is 0.703. The summed E-state index contributed by atoms with van der Waals surface area (Å²) in [7, 11) is 0. The van der Waals surface area contributed by atoms with E-state index in [0.717, 1.165) is 13.1 Å². The number of amides is 1. The first kappa shape index (κ1) is 15.5. The summed E-state index contributed by atoms with van der Waals surface area (Å²) < 4.78 is 0. The normalized spacial score (nSPS) is 12.3. The summed E-state index contributed by atoms with van der Waals surface area (Å²) >= 11 is 0. The molecule has 2 heteroatoms. The fourth-order valence-electron chi connectivity index (χ4n) is 1.73. The van der Waals surface area contributed by atoms with E-state index in [9.17, 15) is 4.79 Å². The lowest BCUT2D eigenvalue weighted by atomic mass is 9.91. The molecule has 0 atom stereocenters. The van der Waals surface area contributed by atoms with E-state index in [1.807, 2.05) is 4.90 Å². The molecule has 0 aromatic carbocycles. The van der Waals surface area contributed by atoms with E-state index in [4.69, 9.17) is 0 Å². The van der Waals surface area contributed by atoms with Crippen molar-refractivity contribution in [3.8, 4) is 0 Å². The van der Waals surface area contributed by atoms with Crippen LogP contribution < -0.4 is 0 Å². The molecule has 0 unspecified atom stereocenters. The van der Waals surface area contributed by atoms with Crippen LogP contribution in [0.5, 0.6) is 0 Å². The summed E-state index contributed by atoms with van der Waals surface area (Å²) in [6, 6.07) is 0. The minimum Gasteiger partial charge on any atom is -0.342 e. The van der Waals surface area contributed by atoms with Crippen molar-refractivity contribution in [3.63, 3.8) is 0 Å². The van der Waals surface area contributed by atoms with Crippen LogP contribution in [0.3, 0.4) is 0 Å². The van der Waals surface area contributed by atoms with Crippen LogP contribution in [0.25, 0.3) is 0 Å². The zero-order valence-electron chi connectivity index (χ0n) is 12.1. The van der Waals surface area contributed by atoms with Gasteiger partial charge in [-0.05, 0) is 17.3 Å². The summed E-state index contributed by atoms with van der Waals surface area (Å²) in [5.74, 6) is 1.39. The van der Waals surface area contributed by atoms with Gasteiger partial charge in [0.2, 0.25) is 5.91 Å². The number of carbonyl (C=O) groups is 1. The Morgan fingerprint density at radius 2 is 1.38 bits per heavy atom. The first-order chi connectivity index (χ1) is 7.11. The van der Waals surface area contributed by atoms with Gasteiger partial charge in [-0.2, -0.15) is 0 Å². The van der Waals surface area contributed by atoms with Crippen LogP contribution in [0.2, 0.25) is 0 Å². The molecule has 1 amide bonds. The molecule has 96 valence electrons. The summed E-state index contributed by atoms with van der Waals surface area (Å²) in [5.41, 5.74) is 0.0866. The molecule has 0 aliphatic carbocycles. The number of hydrogen-bond acceptors (Lipinski definition) is 1. The highest BCUT2D eigenvalue weighted by atomic mass is 16.2. The smallest absolute Gasteiger partial charge is 0.223 e. The van der Waals surface area contributed by atoms with Crippen LogP contribution in [0.1, 0.15) is 54.9 Å². The second-order valence-corrected chi connectivity index (χ2v) is 6.82. The number of rotatable bonds is 5. The summed E-state index contributed by atoms with van der Waals surface area (Å²) in [4.78, 5) is 14.2. The Labute approximate surface area is 101 Å². The highest BCUT2D eigenvalue weighted by Crippen LogP contribution is 2.20. The Balaban J connectivity index is 4.44. The van der Waals surface area contributed by atoms with Gasteiger partial charge in [-0.1, -0.05) is 48.5 Å². The highest BCUT2D eigenvalue weighted by Gasteiger charge is 2.22. The molecule has 0 aliphatic heterocycles. The van der Waals surface area contributed by atoms with Gasteiger partial charge in [0.1, 0.15) is 0 Å². The van der Waals surface area contributed by atoms with Gasteiger partial charge in [0, 0.05) is 19.5 Å². The van der Waals surface area contributed by atoms with E-state index in [0.29, 0.717) is 24.2 Å². The molecule has 0 saturated heterocycles. The van der Waals surface area contributed by atoms with E-state index in [2.05, 4.69) is 48.5 Å². The van der Waals surface area contributed by atoms with Crippen molar-refractivity contribution in [2.75, 3.05) is 13.1 Å². The summed E-state index contributed by atoms with van der Waals surface area (Å²) in [5, 5.41) is 0. The van der Waals surface area contributed by atoms with Gasteiger partial charge in [-0.3, -0.25) is 4.79 Å². The third-order valence-corrected chi connectivity index (χ3v) is 2.21. The van der Waals surface area contributed by atoms with Crippen molar-refractivity contribution in [2.45, 2.75) is 54.9 Å². The van der Waals surface area contributed by atoms with Crippen LogP contribution in [0, 0.1) is 17.3 Å². The van der Waals surface area contributed by atoms with E-state index in [1.54, 1.807) is 0 Å². The Kier molecular flexibility index (Phi) is 6.06. The molecule has 0 aromatic rings. The molecule has 0 aromatic heterocycles. The van der Waals surface area contributed by atoms with Gasteiger partial charge in [0.05, 0.1) is 0 Å². The number of carbonyl (C=O) groups excluding carboxylic acids is 1. The van der Waals surface area contributed by atoms with Crippen molar-refractivity contribution in [2.24, 2.45) is 17.3 Å². The van der Waals surface area contributed by atoms with Crippen molar-refractivity contribution in [3.05, 3.63) is 0 Å². The van der Waals surface area contributed by atoms with E-state index < -0.39 is 0 Å². The Bertz CT molecular complexity index is 203. The molecule has 16 heavy (non-hydrogen) atoms. The molecule has 0 radical (unpaired) electrons. The molecule has 2 nitrogen and oxygen atoms in total. The third-order valence-electron chi connectivity index (χ3n) is 2.21. The van der Waals surface area contributed by atoms with Gasteiger partial charge < -0.3 is 4.90 Å². The van der Waals surface area contributed by atoms with E-state index in [1.165, 1.54) is 0 Å². The lowest BCUT2D eigenvalue weighted by molar-refractivity contribution is -0.134. The van der Waals surface area contributed by atoms with Crippen LogP contribution in [-0.4, -0.2) is 23.9 Å². The largest absolute Gasteiger partial charge is 0.342 e. The number of nitrogens with zero attached hydrogens (tertiary/aromatic N) is 1. The SMILES string of the molecule is CC(C)CN(CC(C)C)C(=O)CC(C)(C)C. The fourth-order valence-corrected chi connectivity index (χ4v) is 1.73. The minimum atomic E-state index is 0.0866. The van der Waals surface area contributed by atoms with E-state index >= 15 is 0 Å². The first-order valence-electron chi connectivity index (χ1n) is 6.39. The van der Waals surface area contributed by atoms with Crippen molar-refractivity contribution >= 4 is 5.91 Å². The average molecular weight is 227 g/mol. The molecule has 0 rings (SSSR count). The highest BCUT2D eigenvalue weighted by molar-refractivity contribution is 5.76. The maximum atomic E-state index is 12.2. The van der Waals surface area contributed by atoms with Crippen molar-refractivity contribution in [1.82, 2.24) is 4.90 Å². The second-order valence-electron chi connectivity index (χ2n) is 6.82. The lowest BCUT2D eigenvalue weighted by Gasteiger charge is -2.29. The Morgan fingerprint density at radius 1 is 1.00 bits per heavy atom. The van der Waals surface area contributed by atoms with Crippen LogP contribution in [0.4, 0.5) is 0 Å². The maximum absolute atomic E-state index is 12.2. The monoisotopic (exact) mass is 227 g/mol. The molecular formula is C14H29NO. The minimum absolute atomic E-state index is 0.0866. The standard InChI is InChI=1S/C14H29NO/c1-11(2)9-15(10-12(3)4)13(16)8-14(5,6)7/h11-12H,8-10H2,1-7H3. The topological polar surface area (TPSA) is 20.3 Å². The third kappa shape index (κ3) is 7.72. The molecular weight excluding hydrogens is 198 g/mol. The molecule has 0 heterocycles. The average Bonchev–Trinajstić information content (AvgIpc) is 1.97. The van der Waals surface area contributed by atoms with Crippen molar-refractivity contribution in [1.29, 1.82) is 0 Å². The fraction of sp³-hybridized carbons (Fsp3) is 0.929. The molecule has 0 spiro atoms. The summed E-state index contributed by atoms with van der Waals surface area (Å²) in [6.07, 6.45) is 0.645. The van der Waals surface area contributed by atoms with Gasteiger partial charge in [0.15, 0.2) is 0 Å². The van der Waals surface area contributed by atoms with Crippen LogP contribution >= 0.6 is 0 Å². The van der Waals surface area contributed by atoms with Crippen molar-refractivity contribution < 1.29 is 4.79 Å². The van der Waals surface area contributed by atoms with E-state index in [-0.39, 0.29) is 5.41 Å². The Hall–Kier alpha value is -0.530. The maximum Gasteiger partial charge on any atom is 0.223 e. The van der Waals surface area contributed by atoms with Gasteiger partial charge in [-0.15, -0.1) is 0 Å². The second kappa shape index (κ2) is 6.27. The lowest BCUT2D eigenvalue weighted by Crippen LogP contribution is -2.38. The molecule has 0 saturated carbocycles. The summed E-state index contributed by atoms with van der Waals surface area (Å²) in [6.45, 7) is 16.8. The predicted molar refractivity (Wildman–Crippen MR) is 70.3 cm³/mol. The van der Waals surface area contributed by atoms with Gasteiger partial charge >= 0.3 is 0 Å². The van der Waals surface area contributed by atoms with Crippen LogP contribution in [-0.2, 0) is 4.79 Å². The zero-order valence-corrected chi connectivity index (χ0v) is 12.1. The number of hydrogen-bond donors (Lipinski definition) is 0. The van der Waals surface area contributed by atoms with Gasteiger partial charge in [0.25, 0.3) is 0 Å². The Morgan fingerprint density at radius 3 is 1.62 bits per heavy atom. The predicted octanol–water partition coefficient (Wildman–Crippen LogP) is 3.56. The molecule has 0 N–H and O–H groups in total. The molecule has 0 bridgehead atoms. The molecule has 0 fully saturated rings. The van der Waals surface area contributed by atoms with Crippen LogP contribution in [0.15, 0.2) is 0 Å². The van der Waals surface area contributed by atoms with Gasteiger partial charge in [-0.25, -0.2) is 0 Å². The molecule has 0 aliphatic rings. The first-order valence-corrected chi connectivity index (χ1v) is 6.39.